The van der Waals surface area contributed by atoms with E-state index in [0.29, 0.717) is 0 Å². The fourth-order valence-electron chi connectivity index (χ4n) is 8.11. The van der Waals surface area contributed by atoms with Crippen LogP contribution < -0.4 is 0 Å². The minimum absolute atomic E-state index is 1.23. The molecular formula is C46H28. The Hall–Kier alpha value is -5.98. The molecule has 0 bridgehead atoms. The van der Waals surface area contributed by atoms with Crippen LogP contribution in [0.15, 0.2) is 170 Å². The molecule has 0 saturated carbocycles. The van der Waals surface area contributed by atoms with Gasteiger partial charge in [-0.1, -0.05) is 170 Å². The smallest absolute Gasteiger partial charge is 0.000740 e. The molecule has 0 amide bonds. The fraction of sp³-hybridized carbons (Fsp3) is 0. The highest BCUT2D eigenvalue weighted by Gasteiger charge is 2.23. The zero-order valence-corrected chi connectivity index (χ0v) is 25.2. The van der Waals surface area contributed by atoms with Crippen LogP contribution in [-0.2, 0) is 0 Å². The number of rotatable bonds is 3. The Bertz CT molecular complexity index is 2750. The molecule has 0 aromatic heterocycles. The standard InChI is InChI=1S/C46H28/c1-3-13-29(14-4-1)30-25-27-32(28-26-30)42-34-18-8-10-20-38(34)46-44-36(22-12-24-40(42)44)35-21-11-23-39-41(31-15-5-2-6-16-31)33-17-7-9-19-37(33)45(46)43(35)39/h1-28H. The monoisotopic (exact) mass is 580 g/mol. The van der Waals surface area contributed by atoms with E-state index in [9.17, 15) is 0 Å². The van der Waals surface area contributed by atoms with Crippen molar-refractivity contribution in [2.75, 3.05) is 0 Å². The maximum Gasteiger partial charge on any atom is -0.000740 e. The lowest BCUT2D eigenvalue weighted by Gasteiger charge is -2.22. The van der Waals surface area contributed by atoms with Gasteiger partial charge in [-0.2, -0.15) is 0 Å². The third-order valence-electron chi connectivity index (χ3n) is 9.98. The Morgan fingerprint density at radius 3 is 0.978 bits per heavy atom. The second-order valence-electron chi connectivity index (χ2n) is 12.4. The molecule has 0 heterocycles. The Balaban J connectivity index is 1.41. The van der Waals surface area contributed by atoms with Crippen LogP contribution in [-0.4, -0.2) is 0 Å². The van der Waals surface area contributed by atoms with Gasteiger partial charge < -0.3 is 0 Å². The Labute approximate surface area is 267 Å². The second-order valence-corrected chi connectivity index (χ2v) is 12.4. The second kappa shape index (κ2) is 9.76. The molecule has 0 fully saturated rings. The molecule has 0 aliphatic heterocycles. The molecule has 0 unspecified atom stereocenters. The van der Waals surface area contributed by atoms with E-state index in [1.165, 1.54) is 98.0 Å². The van der Waals surface area contributed by atoms with Crippen LogP contribution in [0, 0.1) is 0 Å². The molecule has 0 atom stereocenters. The minimum atomic E-state index is 1.23. The first-order valence-electron chi connectivity index (χ1n) is 16.0. The lowest BCUT2D eigenvalue weighted by Crippen LogP contribution is -1.94. The summed E-state index contributed by atoms with van der Waals surface area (Å²) in [6, 6.07) is 62.6. The van der Waals surface area contributed by atoms with Crippen molar-refractivity contribution in [3.8, 4) is 33.4 Å². The van der Waals surface area contributed by atoms with Gasteiger partial charge in [-0.05, 0) is 98.0 Å². The molecule has 0 radical (unpaired) electrons. The maximum absolute atomic E-state index is 2.34. The summed E-state index contributed by atoms with van der Waals surface area (Å²) in [5.74, 6) is 0. The molecule has 0 N–H and O–H groups in total. The molecule has 10 aromatic rings. The van der Waals surface area contributed by atoms with Crippen LogP contribution in [0.1, 0.15) is 0 Å². The van der Waals surface area contributed by atoms with Gasteiger partial charge >= 0.3 is 0 Å². The molecule has 0 heteroatoms. The summed E-state index contributed by atoms with van der Waals surface area (Å²) in [4.78, 5) is 0. The Morgan fingerprint density at radius 2 is 0.478 bits per heavy atom. The average molecular weight is 581 g/mol. The van der Waals surface area contributed by atoms with E-state index < -0.39 is 0 Å². The highest BCUT2D eigenvalue weighted by molar-refractivity contribution is 6.45. The lowest BCUT2D eigenvalue weighted by molar-refractivity contribution is 1.61. The summed E-state index contributed by atoms with van der Waals surface area (Å²) in [6.45, 7) is 0. The summed E-state index contributed by atoms with van der Waals surface area (Å²) in [5, 5.41) is 15.8. The third kappa shape index (κ3) is 3.50. The molecule has 0 saturated heterocycles. The van der Waals surface area contributed by atoms with Crippen LogP contribution in [0.5, 0.6) is 0 Å². The van der Waals surface area contributed by atoms with Crippen LogP contribution in [0.3, 0.4) is 0 Å². The first-order valence-corrected chi connectivity index (χ1v) is 16.0. The Morgan fingerprint density at radius 1 is 0.174 bits per heavy atom. The number of fused-ring (bicyclic) bond motifs is 6. The van der Waals surface area contributed by atoms with E-state index in [0.717, 1.165) is 0 Å². The van der Waals surface area contributed by atoms with Crippen molar-refractivity contribution in [3.63, 3.8) is 0 Å². The van der Waals surface area contributed by atoms with Gasteiger partial charge in [-0.25, -0.2) is 0 Å². The van der Waals surface area contributed by atoms with Crippen molar-refractivity contribution < 1.29 is 0 Å². The van der Waals surface area contributed by atoms with Crippen molar-refractivity contribution in [1.82, 2.24) is 0 Å². The lowest BCUT2D eigenvalue weighted by atomic mass is 9.80. The van der Waals surface area contributed by atoms with Gasteiger partial charge in [0.15, 0.2) is 0 Å². The maximum atomic E-state index is 2.34. The highest BCUT2D eigenvalue weighted by Crippen LogP contribution is 2.51. The molecule has 10 aromatic carbocycles. The quantitative estimate of drug-likeness (QED) is 0.144. The van der Waals surface area contributed by atoms with Gasteiger partial charge in [0.05, 0.1) is 0 Å². The molecule has 0 aliphatic rings. The van der Waals surface area contributed by atoms with E-state index in [2.05, 4.69) is 170 Å². The summed E-state index contributed by atoms with van der Waals surface area (Å²) in [7, 11) is 0. The van der Waals surface area contributed by atoms with E-state index >= 15 is 0 Å². The van der Waals surface area contributed by atoms with Gasteiger partial charge in [-0.15, -0.1) is 0 Å². The van der Waals surface area contributed by atoms with Crippen LogP contribution >= 0.6 is 0 Å². The topological polar surface area (TPSA) is 0 Å². The highest BCUT2D eigenvalue weighted by atomic mass is 14.3. The summed E-state index contributed by atoms with van der Waals surface area (Å²) in [6.07, 6.45) is 0. The molecule has 212 valence electrons. The van der Waals surface area contributed by atoms with Gasteiger partial charge in [0.25, 0.3) is 0 Å². The van der Waals surface area contributed by atoms with E-state index in [-0.39, 0.29) is 0 Å². The van der Waals surface area contributed by atoms with E-state index in [4.69, 9.17) is 0 Å². The molecular weight excluding hydrogens is 553 g/mol. The molecule has 0 nitrogen and oxygen atoms in total. The number of benzene rings is 10. The van der Waals surface area contributed by atoms with Gasteiger partial charge in [-0.3, -0.25) is 0 Å². The van der Waals surface area contributed by atoms with Crippen molar-refractivity contribution >= 4 is 64.6 Å². The summed E-state index contributed by atoms with van der Waals surface area (Å²) >= 11 is 0. The summed E-state index contributed by atoms with van der Waals surface area (Å²) < 4.78 is 0. The fourth-order valence-corrected chi connectivity index (χ4v) is 8.11. The zero-order valence-electron chi connectivity index (χ0n) is 25.2. The van der Waals surface area contributed by atoms with Gasteiger partial charge in [0.2, 0.25) is 0 Å². The molecule has 10 rings (SSSR count). The molecule has 46 heavy (non-hydrogen) atoms. The van der Waals surface area contributed by atoms with E-state index in [1.54, 1.807) is 0 Å². The molecule has 0 aliphatic carbocycles. The largest absolute Gasteiger partial charge is 0.0622 e. The SMILES string of the molecule is c1ccc(-c2ccc(-c3c4ccccc4c4c5c3cccc5c3cccc5c(-c6ccccc6)c6ccccc6c4c53)cc2)cc1. The Kier molecular flexibility index (Phi) is 5.38. The van der Waals surface area contributed by atoms with Crippen LogP contribution in [0.4, 0.5) is 0 Å². The average Bonchev–Trinajstić information content (AvgIpc) is 3.13. The number of hydrogen-bond donors (Lipinski definition) is 0. The van der Waals surface area contributed by atoms with Crippen molar-refractivity contribution in [1.29, 1.82) is 0 Å². The predicted octanol–water partition coefficient (Wildman–Crippen LogP) is 13.0. The van der Waals surface area contributed by atoms with Gasteiger partial charge in [0, 0.05) is 0 Å². The number of hydrogen-bond acceptors (Lipinski definition) is 0. The first-order chi connectivity index (χ1) is 22.9. The van der Waals surface area contributed by atoms with Crippen molar-refractivity contribution in [2.45, 2.75) is 0 Å². The van der Waals surface area contributed by atoms with Crippen molar-refractivity contribution in [2.24, 2.45) is 0 Å². The van der Waals surface area contributed by atoms with Crippen molar-refractivity contribution in [3.05, 3.63) is 170 Å². The van der Waals surface area contributed by atoms with E-state index in [1.807, 2.05) is 0 Å². The first kappa shape index (κ1) is 25.4. The normalized spacial score (nSPS) is 11.9. The third-order valence-corrected chi connectivity index (χ3v) is 9.98. The molecule has 0 spiro atoms. The summed E-state index contributed by atoms with van der Waals surface area (Å²) in [5.41, 5.74) is 7.59. The predicted molar refractivity (Wildman–Crippen MR) is 199 cm³/mol. The zero-order chi connectivity index (χ0) is 30.2. The van der Waals surface area contributed by atoms with Crippen LogP contribution in [0.25, 0.3) is 98.0 Å². The van der Waals surface area contributed by atoms with Gasteiger partial charge in [0.1, 0.15) is 0 Å². The van der Waals surface area contributed by atoms with Crippen LogP contribution in [0.2, 0.25) is 0 Å². The minimum Gasteiger partial charge on any atom is -0.0622 e.